The topological polar surface area (TPSA) is 67.5 Å². The Hall–Kier alpha value is -1.80. The summed E-state index contributed by atoms with van der Waals surface area (Å²) in [5, 5.41) is 9.89. The highest BCUT2D eigenvalue weighted by molar-refractivity contribution is 9.11. The van der Waals surface area contributed by atoms with Gasteiger partial charge in [0.2, 0.25) is 11.6 Å². The molecule has 0 aliphatic heterocycles. The Morgan fingerprint density at radius 1 is 1.35 bits per heavy atom. The van der Waals surface area contributed by atoms with Gasteiger partial charge in [0.25, 0.3) is 0 Å². The normalized spacial score (nSPS) is 18.3. The smallest absolute Gasteiger partial charge is 0.234 e. The molecule has 0 bridgehead atoms. The minimum Gasteiger partial charge on any atom is -0.506 e. The lowest BCUT2D eigenvalue weighted by Gasteiger charge is -2.08. The molecular weight excluding hydrogens is 469 g/mol. The number of aromatic nitrogens is 3. The van der Waals surface area contributed by atoms with Gasteiger partial charge >= 0.3 is 0 Å². The predicted octanol–water partition coefficient (Wildman–Crippen LogP) is 4.84. The first kappa shape index (κ1) is 17.6. The molecule has 5 nitrogen and oxygen atoms in total. The fourth-order valence-corrected chi connectivity index (χ4v) is 4.35. The number of benzene rings is 1. The first-order valence-electron chi connectivity index (χ1n) is 7.95. The minimum atomic E-state index is -0.543. The number of rotatable bonds is 3. The second-order valence-corrected chi connectivity index (χ2v) is 8.86. The average molecular weight is 483 g/mol. The van der Waals surface area contributed by atoms with Crippen molar-refractivity contribution in [3.8, 4) is 5.75 Å². The summed E-state index contributed by atoms with van der Waals surface area (Å²) in [5.41, 5.74) is 1.35. The first-order valence-corrected chi connectivity index (χ1v) is 9.54. The van der Waals surface area contributed by atoms with E-state index in [1.165, 1.54) is 22.7 Å². The van der Waals surface area contributed by atoms with Gasteiger partial charge in [-0.3, -0.25) is 9.20 Å². The molecule has 2 heterocycles. The molecule has 134 valence electrons. The van der Waals surface area contributed by atoms with Crippen LogP contribution in [-0.4, -0.2) is 25.3 Å². The van der Waals surface area contributed by atoms with Crippen molar-refractivity contribution in [1.82, 2.24) is 14.4 Å². The molecule has 1 saturated carbocycles. The highest BCUT2D eigenvalue weighted by Gasteiger charge is 2.50. The van der Waals surface area contributed by atoms with Gasteiger partial charge in [-0.2, -0.15) is 0 Å². The third kappa shape index (κ3) is 2.75. The molecule has 8 heteroatoms. The Bertz CT molecular complexity index is 1050. The number of phenolic OH excluding ortho intramolecular Hbond substituents is 1. The molecule has 1 fully saturated rings. The Morgan fingerprint density at radius 2 is 1.96 bits per heavy atom. The van der Waals surface area contributed by atoms with Gasteiger partial charge in [-0.1, -0.05) is 13.8 Å². The average Bonchev–Trinajstić information content (AvgIpc) is 3.05. The predicted molar refractivity (Wildman–Crippen MR) is 101 cm³/mol. The van der Waals surface area contributed by atoms with Crippen molar-refractivity contribution >= 4 is 43.4 Å². The summed E-state index contributed by atoms with van der Waals surface area (Å²) in [7, 11) is 0. The lowest BCUT2D eigenvalue weighted by Crippen LogP contribution is -2.09. The van der Waals surface area contributed by atoms with Crippen molar-refractivity contribution in [3.63, 3.8) is 0 Å². The van der Waals surface area contributed by atoms with Gasteiger partial charge in [0.1, 0.15) is 11.4 Å². The zero-order valence-electron chi connectivity index (χ0n) is 13.9. The van der Waals surface area contributed by atoms with Crippen molar-refractivity contribution in [2.75, 3.05) is 0 Å². The monoisotopic (exact) mass is 481 g/mol. The van der Waals surface area contributed by atoms with E-state index in [1.807, 2.05) is 0 Å². The van der Waals surface area contributed by atoms with Crippen LogP contribution in [0.4, 0.5) is 4.39 Å². The molecule has 1 aromatic carbocycles. The molecule has 4 rings (SSSR count). The highest BCUT2D eigenvalue weighted by Crippen LogP contribution is 2.59. The molecule has 1 aliphatic carbocycles. The van der Waals surface area contributed by atoms with Crippen LogP contribution in [0.3, 0.4) is 0 Å². The summed E-state index contributed by atoms with van der Waals surface area (Å²) in [4.78, 5) is 21.8. The van der Waals surface area contributed by atoms with Crippen molar-refractivity contribution < 1.29 is 14.3 Å². The Morgan fingerprint density at radius 3 is 2.54 bits per heavy atom. The van der Waals surface area contributed by atoms with Crippen LogP contribution >= 0.6 is 31.9 Å². The molecule has 0 spiro atoms. The van der Waals surface area contributed by atoms with Gasteiger partial charge in [0.15, 0.2) is 5.82 Å². The molecule has 0 radical (unpaired) electrons. The molecule has 1 N–H and O–H groups in total. The third-order valence-corrected chi connectivity index (χ3v) is 6.02. The number of nitrogens with zero attached hydrogens (tertiary/aromatic N) is 3. The Labute approximate surface area is 165 Å². The van der Waals surface area contributed by atoms with Gasteiger partial charge in [0, 0.05) is 11.5 Å². The lowest BCUT2D eigenvalue weighted by molar-refractivity contribution is 0.103. The number of carbonyl (C=O) groups excluding carboxylic acids is 1. The maximum Gasteiger partial charge on any atom is 0.234 e. The molecule has 1 atom stereocenters. The zero-order chi connectivity index (χ0) is 18.8. The number of ketones is 1. The second-order valence-electron chi connectivity index (χ2n) is 7.15. The number of aromatic hydroxyl groups is 1. The van der Waals surface area contributed by atoms with Crippen molar-refractivity contribution in [3.05, 3.63) is 56.2 Å². The Balaban J connectivity index is 1.93. The summed E-state index contributed by atoms with van der Waals surface area (Å²) in [5.74, 6) is -0.418. The number of fused-ring (bicyclic) bond motifs is 1. The van der Waals surface area contributed by atoms with Crippen LogP contribution in [0.2, 0.25) is 0 Å². The van der Waals surface area contributed by atoms with Crippen LogP contribution in [-0.2, 0) is 0 Å². The van der Waals surface area contributed by atoms with E-state index in [9.17, 15) is 14.3 Å². The van der Waals surface area contributed by atoms with Gasteiger partial charge < -0.3 is 5.11 Å². The van der Waals surface area contributed by atoms with E-state index in [1.54, 1.807) is 0 Å². The fourth-order valence-electron chi connectivity index (χ4n) is 3.16. The van der Waals surface area contributed by atoms with E-state index in [2.05, 4.69) is 55.7 Å². The van der Waals surface area contributed by atoms with E-state index in [4.69, 9.17) is 0 Å². The number of phenols is 1. The molecule has 3 aromatic rings. The van der Waals surface area contributed by atoms with Crippen LogP contribution < -0.4 is 0 Å². The molecule has 0 saturated heterocycles. The van der Waals surface area contributed by atoms with Gasteiger partial charge in [-0.05, 0) is 55.8 Å². The molecule has 1 aliphatic rings. The number of imidazole rings is 1. The fraction of sp³-hybridized carbons (Fsp3) is 0.278. The van der Waals surface area contributed by atoms with Crippen molar-refractivity contribution in [2.45, 2.75) is 26.2 Å². The quantitative estimate of drug-likeness (QED) is 0.542. The maximum atomic E-state index is 13.8. The van der Waals surface area contributed by atoms with Crippen LogP contribution in [0.1, 0.15) is 47.9 Å². The van der Waals surface area contributed by atoms with Crippen LogP contribution in [0.15, 0.2) is 33.5 Å². The highest BCUT2D eigenvalue weighted by atomic mass is 79.9. The molecule has 0 amide bonds. The van der Waals surface area contributed by atoms with Gasteiger partial charge in [0.05, 0.1) is 27.0 Å². The van der Waals surface area contributed by atoms with Crippen molar-refractivity contribution in [2.24, 2.45) is 5.41 Å². The summed E-state index contributed by atoms with van der Waals surface area (Å²) in [6.07, 6.45) is 3.22. The summed E-state index contributed by atoms with van der Waals surface area (Å²) < 4.78 is 16.0. The second kappa shape index (κ2) is 5.85. The number of carbonyl (C=O) groups is 1. The lowest BCUT2D eigenvalue weighted by atomic mass is 10.0. The van der Waals surface area contributed by atoms with E-state index in [0.29, 0.717) is 31.7 Å². The molecule has 0 unspecified atom stereocenters. The van der Waals surface area contributed by atoms with Crippen molar-refractivity contribution in [1.29, 1.82) is 0 Å². The molecule has 2 aromatic heterocycles. The minimum absolute atomic E-state index is 0.0101. The van der Waals surface area contributed by atoms with E-state index < -0.39 is 5.82 Å². The van der Waals surface area contributed by atoms with E-state index in [0.717, 1.165) is 12.6 Å². The molecule has 26 heavy (non-hydrogen) atoms. The number of hydrogen-bond donors (Lipinski definition) is 1. The van der Waals surface area contributed by atoms with Crippen LogP contribution in [0.5, 0.6) is 5.75 Å². The summed E-state index contributed by atoms with van der Waals surface area (Å²) >= 11 is 6.48. The first-order chi connectivity index (χ1) is 12.2. The third-order valence-electron chi connectivity index (χ3n) is 4.81. The summed E-state index contributed by atoms with van der Waals surface area (Å²) in [6.45, 7) is 4.22. The van der Waals surface area contributed by atoms with Crippen LogP contribution in [0.25, 0.3) is 5.78 Å². The standard InChI is InChI=1S/C18H14Br2FN3O2/c1-18(2)5-10(18)13-14(24-7-9(21)6-22-17(24)23-13)15(25)8-3-11(19)16(26)12(20)4-8/h3-4,6-7,10,26H,5H2,1-2H3/t10-/m0/s1. The number of hydrogen-bond acceptors (Lipinski definition) is 4. The summed E-state index contributed by atoms with van der Waals surface area (Å²) in [6, 6.07) is 3.08. The van der Waals surface area contributed by atoms with Gasteiger partial charge in [-0.15, -0.1) is 0 Å². The zero-order valence-corrected chi connectivity index (χ0v) is 17.1. The van der Waals surface area contributed by atoms with E-state index in [-0.39, 0.29) is 22.9 Å². The largest absolute Gasteiger partial charge is 0.506 e. The van der Waals surface area contributed by atoms with Gasteiger partial charge in [-0.25, -0.2) is 14.4 Å². The van der Waals surface area contributed by atoms with E-state index >= 15 is 0 Å². The Kier molecular flexibility index (Phi) is 3.96. The number of halogens is 3. The van der Waals surface area contributed by atoms with Crippen LogP contribution in [0, 0.1) is 11.2 Å². The SMILES string of the molecule is CC1(C)C[C@H]1c1nc2ncc(F)cn2c1C(=O)c1cc(Br)c(O)c(Br)c1. The molecular formula is C18H14Br2FN3O2. The maximum absolute atomic E-state index is 13.8.